The SMILES string of the molecule is O=C(CCO)N[C@H]1COC[C@H]1Cc1ccnc2ccccc12. The van der Waals surface area contributed by atoms with Gasteiger partial charge in [-0.05, 0) is 24.1 Å². The van der Waals surface area contributed by atoms with Crippen LogP contribution in [-0.2, 0) is 16.0 Å². The number of aliphatic hydroxyl groups is 1. The van der Waals surface area contributed by atoms with Gasteiger partial charge in [-0.3, -0.25) is 9.78 Å². The number of ether oxygens (including phenoxy) is 1. The Morgan fingerprint density at radius 2 is 2.18 bits per heavy atom. The lowest BCUT2D eigenvalue weighted by atomic mass is 9.93. The minimum atomic E-state index is -0.126. The Morgan fingerprint density at radius 1 is 1.32 bits per heavy atom. The maximum atomic E-state index is 11.7. The molecule has 5 heteroatoms. The van der Waals surface area contributed by atoms with E-state index in [1.807, 2.05) is 30.5 Å². The standard InChI is InChI=1S/C17H20N2O3/c20-8-6-17(21)19-16-11-22-10-13(16)9-12-5-7-18-15-4-2-1-3-14(12)15/h1-5,7,13,16,20H,6,8-11H2,(H,19,21)/t13-,16+/m1/s1. The summed E-state index contributed by atoms with van der Waals surface area (Å²) in [7, 11) is 0. The normalized spacial score (nSPS) is 21.1. The Morgan fingerprint density at radius 3 is 3.05 bits per heavy atom. The van der Waals surface area contributed by atoms with Crippen LogP contribution < -0.4 is 5.32 Å². The molecule has 1 fully saturated rings. The van der Waals surface area contributed by atoms with E-state index in [0.717, 1.165) is 17.3 Å². The molecule has 116 valence electrons. The van der Waals surface area contributed by atoms with Gasteiger partial charge in [0.15, 0.2) is 0 Å². The molecular formula is C17H20N2O3. The van der Waals surface area contributed by atoms with Gasteiger partial charge in [-0.2, -0.15) is 0 Å². The molecule has 2 N–H and O–H groups in total. The molecule has 0 saturated carbocycles. The van der Waals surface area contributed by atoms with Gasteiger partial charge in [0, 0.05) is 23.9 Å². The number of rotatable bonds is 5. The average molecular weight is 300 g/mol. The molecule has 2 aromatic rings. The second-order valence-electron chi connectivity index (χ2n) is 5.64. The van der Waals surface area contributed by atoms with Crippen LogP contribution in [0.3, 0.4) is 0 Å². The van der Waals surface area contributed by atoms with Crippen molar-refractivity contribution in [3.05, 3.63) is 42.1 Å². The summed E-state index contributed by atoms with van der Waals surface area (Å²) in [6, 6.07) is 10.1. The van der Waals surface area contributed by atoms with Crippen LogP contribution in [0.25, 0.3) is 10.9 Å². The van der Waals surface area contributed by atoms with Crippen molar-refractivity contribution in [2.24, 2.45) is 5.92 Å². The van der Waals surface area contributed by atoms with Gasteiger partial charge in [-0.15, -0.1) is 0 Å². The van der Waals surface area contributed by atoms with E-state index in [4.69, 9.17) is 9.84 Å². The molecular weight excluding hydrogens is 280 g/mol. The van der Waals surface area contributed by atoms with E-state index < -0.39 is 0 Å². The number of fused-ring (bicyclic) bond motifs is 1. The van der Waals surface area contributed by atoms with E-state index in [0.29, 0.717) is 13.2 Å². The van der Waals surface area contributed by atoms with Crippen molar-refractivity contribution >= 4 is 16.8 Å². The van der Waals surface area contributed by atoms with Gasteiger partial charge in [0.1, 0.15) is 0 Å². The third-order valence-corrected chi connectivity index (χ3v) is 4.11. The second kappa shape index (κ2) is 6.85. The molecule has 0 unspecified atom stereocenters. The van der Waals surface area contributed by atoms with Crippen LogP contribution in [0.15, 0.2) is 36.5 Å². The molecule has 1 saturated heterocycles. The van der Waals surface area contributed by atoms with Crippen LogP contribution in [0.5, 0.6) is 0 Å². The van der Waals surface area contributed by atoms with Crippen LogP contribution in [0.1, 0.15) is 12.0 Å². The van der Waals surface area contributed by atoms with Crippen molar-refractivity contribution in [2.45, 2.75) is 18.9 Å². The largest absolute Gasteiger partial charge is 0.396 e. The fraction of sp³-hybridized carbons (Fsp3) is 0.412. The van der Waals surface area contributed by atoms with E-state index in [1.54, 1.807) is 0 Å². The number of aliphatic hydroxyl groups excluding tert-OH is 1. The highest BCUT2D eigenvalue weighted by atomic mass is 16.5. The molecule has 0 aliphatic carbocycles. The molecule has 0 radical (unpaired) electrons. The topological polar surface area (TPSA) is 71.5 Å². The van der Waals surface area contributed by atoms with Crippen molar-refractivity contribution in [1.29, 1.82) is 0 Å². The number of amides is 1. The highest BCUT2D eigenvalue weighted by Crippen LogP contribution is 2.24. The van der Waals surface area contributed by atoms with Gasteiger partial charge in [-0.25, -0.2) is 0 Å². The smallest absolute Gasteiger partial charge is 0.222 e. The number of carbonyl (C=O) groups is 1. The van der Waals surface area contributed by atoms with Crippen molar-refractivity contribution in [2.75, 3.05) is 19.8 Å². The quantitative estimate of drug-likeness (QED) is 0.873. The van der Waals surface area contributed by atoms with Gasteiger partial charge < -0.3 is 15.2 Å². The molecule has 2 heterocycles. The molecule has 22 heavy (non-hydrogen) atoms. The summed E-state index contributed by atoms with van der Waals surface area (Å²) in [5.74, 6) is 0.121. The summed E-state index contributed by atoms with van der Waals surface area (Å²) in [5.41, 5.74) is 2.21. The molecule has 1 aliphatic rings. The van der Waals surface area contributed by atoms with E-state index in [2.05, 4.69) is 16.4 Å². The highest BCUT2D eigenvalue weighted by Gasteiger charge is 2.29. The lowest BCUT2D eigenvalue weighted by Crippen LogP contribution is -2.40. The van der Waals surface area contributed by atoms with Gasteiger partial charge in [0.05, 0.1) is 31.4 Å². The Hall–Kier alpha value is -1.98. The van der Waals surface area contributed by atoms with E-state index in [-0.39, 0.29) is 30.9 Å². The second-order valence-corrected chi connectivity index (χ2v) is 5.64. The molecule has 1 aromatic heterocycles. The van der Waals surface area contributed by atoms with Gasteiger partial charge in [0.2, 0.25) is 5.91 Å². The minimum Gasteiger partial charge on any atom is -0.396 e. The molecule has 2 atom stereocenters. The molecule has 1 aliphatic heterocycles. The van der Waals surface area contributed by atoms with Crippen molar-refractivity contribution in [1.82, 2.24) is 10.3 Å². The zero-order valence-corrected chi connectivity index (χ0v) is 12.4. The maximum absolute atomic E-state index is 11.7. The number of carbonyl (C=O) groups excluding carboxylic acids is 1. The number of para-hydroxylation sites is 1. The van der Waals surface area contributed by atoms with Crippen LogP contribution in [0.2, 0.25) is 0 Å². The summed E-state index contributed by atoms with van der Waals surface area (Å²) in [5, 5.41) is 12.9. The zero-order valence-electron chi connectivity index (χ0n) is 12.4. The van der Waals surface area contributed by atoms with E-state index in [9.17, 15) is 4.79 Å². The predicted octanol–water partition coefficient (Wildman–Crippen LogP) is 1.29. The fourth-order valence-electron chi connectivity index (χ4n) is 2.96. The molecule has 5 nitrogen and oxygen atoms in total. The highest BCUT2D eigenvalue weighted by molar-refractivity contribution is 5.81. The first-order valence-corrected chi connectivity index (χ1v) is 7.58. The summed E-state index contributed by atoms with van der Waals surface area (Å²) in [4.78, 5) is 16.1. The number of nitrogens with zero attached hydrogens (tertiary/aromatic N) is 1. The molecule has 3 rings (SSSR count). The first-order valence-electron chi connectivity index (χ1n) is 7.58. The molecule has 0 bridgehead atoms. The Balaban J connectivity index is 1.74. The van der Waals surface area contributed by atoms with Crippen LogP contribution >= 0.6 is 0 Å². The third kappa shape index (κ3) is 3.26. The van der Waals surface area contributed by atoms with E-state index in [1.165, 1.54) is 5.56 Å². The number of hydrogen-bond acceptors (Lipinski definition) is 4. The van der Waals surface area contributed by atoms with E-state index >= 15 is 0 Å². The summed E-state index contributed by atoms with van der Waals surface area (Å²) >= 11 is 0. The first-order chi connectivity index (χ1) is 10.8. The lowest BCUT2D eigenvalue weighted by molar-refractivity contribution is -0.122. The number of aromatic nitrogens is 1. The summed E-state index contributed by atoms with van der Waals surface area (Å²) < 4.78 is 5.54. The zero-order chi connectivity index (χ0) is 15.4. The third-order valence-electron chi connectivity index (χ3n) is 4.11. The van der Waals surface area contributed by atoms with Crippen molar-refractivity contribution < 1.29 is 14.6 Å². The van der Waals surface area contributed by atoms with Crippen LogP contribution in [0.4, 0.5) is 0 Å². The maximum Gasteiger partial charge on any atom is 0.222 e. The Kier molecular flexibility index (Phi) is 4.65. The van der Waals surface area contributed by atoms with Crippen molar-refractivity contribution in [3.8, 4) is 0 Å². The molecule has 0 spiro atoms. The van der Waals surface area contributed by atoms with Crippen molar-refractivity contribution in [3.63, 3.8) is 0 Å². The number of pyridine rings is 1. The Bertz CT molecular complexity index is 654. The number of benzene rings is 1. The Labute approximate surface area is 129 Å². The van der Waals surface area contributed by atoms with Gasteiger partial charge in [-0.1, -0.05) is 18.2 Å². The molecule has 1 amide bonds. The summed E-state index contributed by atoms with van der Waals surface area (Å²) in [6.45, 7) is 1.05. The number of hydrogen-bond donors (Lipinski definition) is 2. The van der Waals surface area contributed by atoms with Gasteiger partial charge in [0.25, 0.3) is 0 Å². The van der Waals surface area contributed by atoms with Crippen LogP contribution in [-0.4, -0.2) is 41.9 Å². The monoisotopic (exact) mass is 300 g/mol. The first kappa shape index (κ1) is 14.9. The number of nitrogens with one attached hydrogen (secondary N) is 1. The van der Waals surface area contributed by atoms with Gasteiger partial charge >= 0.3 is 0 Å². The predicted molar refractivity (Wildman–Crippen MR) is 83.4 cm³/mol. The summed E-state index contributed by atoms with van der Waals surface area (Å²) in [6.07, 6.45) is 2.81. The minimum absolute atomic E-state index is 0.00553. The lowest BCUT2D eigenvalue weighted by Gasteiger charge is -2.19. The van der Waals surface area contributed by atoms with Crippen LogP contribution in [0, 0.1) is 5.92 Å². The average Bonchev–Trinajstić information content (AvgIpc) is 2.95. The fourth-order valence-corrected chi connectivity index (χ4v) is 2.96. The molecule has 1 aromatic carbocycles.